The minimum absolute atomic E-state index is 0.0724. The van der Waals surface area contributed by atoms with Gasteiger partial charge >= 0.3 is 17.9 Å². The van der Waals surface area contributed by atoms with E-state index in [1.165, 1.54) is 231 Å². The van der Waals surface area contributed by atoms with Crippen molar-refractivity contribution < 1.29 is 28.6 Å². The molecule has 0 aromatic carbocycles. The summed E-state index contributed by atoms with van der Waals surface area (Å²) in [6.07, 6.45) is 92.2. The van der Waals surface area contributed by atoms with Gasteiger partial charge in [-0.1, -0.05) is 357 Å². The lowest BCUT2D eigenvalue weighted by atomic mass is 10.0. The van der Waals surface area contributed by atoms with Gasteiger partial charge in [0.2, 0.25) is 0 Å². The van der Waals surface area contributed by atoms with Crippen LogP contribution >= 0.6 is 0 Å². The van der Waals surface area contributed by atoms with Crippen molar-refractivity contribution in [2.45, 2.75) is 380 Å². The second-order valence-electron chi connectivity index (χ2n) is 24.1. The minimum Gasteiger partial charge on any atom is -0.462 e. The number of ether oxygens (including phenoxy) is 3. The van der Waals surface area contributed by atoms with Crippen molar-refractivity contribution in [3.8, 4) is 0 Å². The fourth-order valence-electron chi connectivity index (χ4n) is 10.6. The maximum Gasteiger partial charge on any atom is 0.306 e. The molecule has 6 heteroatoms. The van der Waals surface area contributed by atoms with Crippen molar-refractivity contribution in [1.29, 1.82) is 0 Å². The molecule has 0 N–H and O–H groups in total. The van der Waals surface area contributed by atoms with Crippen LogP contribution in [0.2, 0.25) is 0 Å². The summed E-state index contributed by atoms with van der Waals surface area (Å²) in [6.45, 7) is 6.58. The number of carbonyl (C=O) groups is 3. The van der Waals surface area contributed by atoms with Gasteiger partial charge in [0.05, 0.1) is 0 Å². The quantitative estimate of drug-likeness (QED) is 0.0261. The molecule has 82 heavy (non-hydrogen) atoms. The van der Waals surface area contributed by atoms with Crippen LogP contribution < -0.4 is 0 Å². The average Bonchev–Trinajstić information content (AvgIpc) is 3.47. The fourth-order valence-corrected chi connectivity index (χ4v) is 10.6. The van der Waals surface area contributed by atoms with Gasteiger partial charge in [-0.15, -0.1) is 0 Å². The predicted molar refractivity (Wildman–Crippen MR) is 358 cm³/mol. The molecular weight excluding hydrogens is 1010 g/mol. The molecular formula is C76H136O6. The summed E-state index contributed by atoms with van der Waals surface area (Å²) in [7, 11) is 0. The number of allylic oxidation sites excluding steroid dienone is 12. The highest BCUT2D eigenvalue weighted by Crippen LogP contribution is 2.18. The number of hydrogen-bond donors (Lipinski definition) is 0. The van der Waals surface area contributed by atoms with E-state index in [4.69, 9.17) is 14.2 Å². The van der Waals surface area contributed by atoms with Gasteiger partial charge in [-0.25, -0.2) is 0 Å². The predicted octanol–water partition coefficient (Wildman–Crippen LogP) is 24.8. The van der Waals surface area contributed by atoms with Gasteiger partial charge in [-0.2, -0.15) is 0 Å². The zero-order chi connectivity index (χ0) is 59.2. The van der Waals surface area contributed by atoms with Gasteiger partial charge < -0.3 is 14.2 Å². The average molecular weight is 1150 g/mol. The van der Waals surface area contributed by atoms with Crippen LogP contribution in [0.3, 0.4) is 0 Å². The number of carbonyl (C=O) groups excluding carboxylic acids is 3. The Morgan fingerprint density at radius 3 is 0.744 bits per heavy atom. The van der Waals surface area contributed by atoms with Crippen LogP contribution in [0, 0.1) is 0 Å². The molecule has 0 aliphatic carbocycles. The van der Waals surface area contributed by atoms with E-state index in [1.54, 1.807) is 0 Å². The molecule has 0 amide bonds. The van der Waals surface area contributed by atoms with Crippen LogP contribution in [-0.2, 0) is 28.6 Å². The molecule has 476 valence electrons. The van der Waals surface area contributed by atoms with Gasteiger partial charge in [0.25, 0.3) is 0 Å². The third-order valence-corrected chi connectivity index (χ3v) is 16.0. The summed E-state index contributed by atoms with van der Waals surface area (Å²) in [5.74, 6) is -0.858. The molecule has 0 aliphatic rings. The summed E-state index contributed by atoms with van der Waals surface area (Å²) >= 11 is 0. The molecule has 1 atom stereocenters. The first-order valence-corrected chi connectivity index (χ1v) is 35.9. The molecule has 0 heterocycles. The summed E-state index contributed by atoms with van der Waals surface area (Å²) in [5, 5.41) is 0. The Balaban J connectivity index is 4.24. The first-order valence-electron chi connectivity index (χ1n) is 35.9. The second kappa shape index (κ2) is 70.3. The number of rotatable bonds is 66. The van der Waals surface area contributed by atoms with E-state index in [1.807, 2.05) is 0 Å². The zero-order valence-corrected chi connectivity index (χ0v) is 54.8. The topological polar surface area (TPSA) is 78.9 Å². The second-order valence-corrected chi connectivity index (χ2v) is 24.1. The minimum atomic E-state index is -0.777. The van der Waals surface area contributed by atoms with E-state index < -0.39 is 6.10 Å². The lowest BCUT2D eigenvalue weighted by Crippen LogP contribution is -2.30. The smallest absolute Gasteiger partial charge is 0.306 e. The Bertz CT molecular complexity index is 1500. The Morgan fingerprint density at radius 1 is 0.256 bits per heavy atom. The molecule has 0 radical (unpaired) electrons. The van der Waals surface area contributed by atoms with Crippen molar-refractivity contribution in [3.05, 3.63) is 72.9 Å². The monoisotopic (exact) mass is 1150 g/mol. The Kier molecular flexibility index (Phi) is 67.6. The standard InChI is InChI=1S/C76H136O6/c1-4-7-10-13-16-19-22-25-27-29-31-33-35-37-38-40-41-43-45-47-49-51-54-57-60-63-66-69-75(78)81-72-73(71-80-74(77)68-65-62-59-56-53-24-21-18-15-12-9-6-3)82-76(79)70-67-64-61-58-55-52-50-48-46-44-42-39-36-34-32-30-28-26-23-20-17-14-11-8-5-2/h7,10,16,19,25,27,31,33,37-38,41,43,73H,4-6,8-9,11-15,17-18,20-24,26,28-30,32,34-36,39-40,42,44-72H2,1-3H3/b10-7-,19-16-,27-25-,33-31-,38-37-,43-41-. The molecule has 0 fully saturated rings. The van der Waals surface area contributed by atoms with Crippen LogP contribution in [-0.4, -0.2) is 37.2 Å². The van der Waals surface area contributed by atoms with Crippen molar-refractivity contribution >= 4 is 17.9 Å². The van der Waals surface area contributed by atoms with E-state index in [9.17, 15) is 14.4 Å². The zero-order valence-electron chi connectivity index (χ0n) is 54.8. The molecule has 0 aromatic heterocycles. The van der Waals surface area contributed by atoms with Crippen molar-refractivity contribution in [2.75, 3.05) is 13.2 Å². The maximum atomic E-state index is 13.0. The summed E-state index contributed by atoms with van der Waals surface area (Å²) < 4.78 is 17.0. The molecule has 0 aromatic rings. The maximum absolute atomic E-state index is 13.0. The van der Waals surface area contributed by atoms with Gasteiger partial charge in [0.15, 0.2) is 6.10 Å². The summed E-state index contributed by atoms with van der Waals surface area (Å²) in [6, 6.07) is 0. The number of unbranched alkanes of at least 4 members (excludes halogenated alkanes) is 43. The highest BCUT2D eigenvalue weighted by Gasteiger charge is 2.19. The summed E-state index contributed by atoms with van der Waals surface area (Å²) in [4.78, 5) is 38.4. The van der Waals surface area contributed by atoms with E-state index in [0.717, 1.165) is 103 Å². The molecule has 1 unspecified atom stereocenters. The largest absolute Gasteiger partial charge is 0.462 e. The fraction of sp³-hybridized carbons (Fsp3) is 0.803. The highest BCUT2D eigenvalue weighted by molar-refractivity contribution is 5.71. The van der Waals surface area contributed by atoms with Crippen LogP contribution in [0.15, 0.2) is 72.9 Å². The van der Waals surface area contributed by atoms with Crippen LogP contribution in [0.4, 0.5) is 0 Å². The van der Waals surface area contributed by atoms with E-state index in [0.29, 0.717) is 19.3 Å². The van der Waals surface area contributed by atoms with Crippen LogP contribution in [0.5, 0.6) is 0 Å². The molecule has 0 aliphatic heterocycles. The SMILES string of the molecule is CC/C=C\C/C=C\C/C=C\C/C=C\C/C=C\C/C=C\CCCCCCCCCCC(=O)OCC(COC(=O)CCCCCCCCCCCCCC)OC(=O)CCCCCCCCCCCCCCCCCCCCCCCCCCC. The Labute approximate surface area is 510 Å². The molecule has 0 rings (SSSR count). The third-order valence-electron chi connectivity index (χ3n) is 16.0. The summed E-state index contributed by atoms with van der Waals surface area (Å²) in [5.41, 5.74) is 0. The van der Waals surface area contributed by atoms with Crippen molar-refractivity contribution in [2.24, 2.45) is 0 Å². The van der Waals surface area contributed by atoms with Gasteiger partial charge in [0, 0.05) is 19.3 Å². The van der Waals surface area contributed by atoms with Gasteiger partial charge in [-0.3, -0.25) is 14.4 Å². The first kappa shape index (κ1) is 78.8. The van der Waals surface area contributed by atoms with Crippen LogP contribution in [0.25, 0.3) is 0 Å². The normalized spacial score (nSPS) is 12.5. The van der Waals surface area contributed by atoms with E-state index >= 15 is 0 Å². The van der Waals surface area contributed by atoms with Crippen molar-refractivity contribution in [3.63, 3.8) is 0 Å². The Hall–Kier alpha value is -3.15. The van der Waals surface area contributed by atoms with Gasteiger partial charge in [0.1, 0.15) is 13.2 Å². The highest BCUT2D eigenvalue weighted by atomic mass is 16.6. The number of esters is 3. The molecule has 0 spiro atoms. The first-order chi connectivity index (χ1) is 40.5. The molecule has 0 saturated heterocycles. The third kappa shape index (κ3) is 67.6. The van der Waals surface area contributed by atoms with Crippen molar-refractivity contribution in [1.82, 2.24) is 0 Å². The Morgan fingerprint density at radius 2 is 0.476 bits per heavy atom. The van der Waals surface area contributed by atoms with E-state index in [2.05, 4.69) is 93.7 Å². The lowest BCUT2D eigenvalue weighted by Gasteiger charge is -2.18. The number of hydrogen-bond acceptors (Lipinski definition) is 6. The van der Waals surface area contributed by atoms with Gasteiger partial charge in [-0.05, 0) is 70.6 Å². The van der Waals surface area contributed by atoms with Crippen LogP contribution in [0.1, 0.15) is 374 Å². The lowest BCUT2D eigenvalue weighted by molar-refractivity contribution is -0.167. The molecule has 6 nitrogen and oxygen atoms in total. The van der Waals surface area contributed by atoms with E-state index in [-0.39, 0.29) is 31.1 Å². The molecule has 0 saturated carbocycles. The molecule has 0 bridgehead atoms.